The topological polar surface area (TPSA) is 79.4 Å². The largest absolute Gasteiger partial charge is 0.324 e. The molecule has 0 spiro atoms. The predicted molar refractivity (Wildman–Crippen MR) is 100 cm³/mol. The standard InChI is InChI=1S/C19H15F2N3O3S/c20-14-6-8-17(9-7-14)24(28(26,27)18-5-2-10-22-12-18)13-19(25)23-16-4-1-3-15(21)11-16/h1-12H,13H2,(H,23,25). The van der Waals surface area contributed by atoms with Gasteiger partial charge in [-0.15, -0.1) is 0 Å². The van der Waals surface area contributed by atoms with Crippen molar-refractivity contribution in [3.05, 3.63) is 84.7 Å². The third kappa shape index (κ3) is 4.49. The van der Waals surface area contributed by atoms with E-state index in [9.17, 15) is 22.0 Å². The number of halogens is 2. The van der Waals surface area contributed by atoms with E-state index in [1.165, 1.54) is 48.7 Å². The fourth-order valence-electron chi connectivity index (χ4n) is 2.45. The molecule has 1 heterocycles. The molecule has 0 aliphatic heterocycles. The highest BCUT2D eigenvalue weighted by atomic mass is 32.2. The first kappa shape index (κ1) is 19.4. The van der Waals surface area contributed by atoms with Crippen LogP contribution < -0.4 is 9.62 Å². The lowest BCUT2D eigenvalue weighted by Gasteiger charge is -2.24. The summed E-state index contributed by atoms with van der Waals surface area (Å²) in [6.45, 7) is -0.598. The van der Waals surface area contributed by atoms with Gasteiger partial charge in [0, 0.05) is 18.1 Å². The quantitative estimate of drug-likeness (QED) is 0.686. The van der Waals surface area contributed by atoms with Crippen molar-refractivity contribution >= 4 is 27.3 Å². The Morgan fingerprint density at radius 2 is 1.75 bits per heavy atom. The Labute approximate surface area is 160 Å². The fourth-order valence-corrected chi connectivity index (χ4v) is 3.83. The number of anilines is 2. The zero-order valence-corrected chi connectivity index (χ0v) is 15.2. The van der Waals surface area contributed by atoms with Crippen molar-refractivity contribution in [1.82, 2.24) is 4.98 Å². The van der Waals surface area contributed by atoms with Crippen molar-refractivity contribution in [1.29, 1.82) is 0 Å². The lowest BCUT2D eigenvalue weighted by Crippen LogP contribution is -2.38. The van der Waals surface area contributed by atoms with Gasteiger partial charge >= 0.3 is 0 Å². The number of hydrogen-bond acceptors (Lipinski definition) is 4. The number of sulfonamides is 1. The number of amides is 1. The molecule has 0 aliphatic rings. The van der Waals surface area contributed by atoms with Gasteiger partial charge in [-0.2, -0.15) is 0 Å². The van der Waals surface area contributed by atoms with Gasteiger partial charge in [-0.3, -0.25) is 14.1 Å². The number of hydrogen-bond donors (Lipinski definition) is 1. The lowest BCUT2D eigenvalue weighted by molar-refractivity contribution is -0.114. The fraction of sp³-hybridized carbons (Fsp3) is 0.0526. The van der Waals surface area contributed by atoms with Crippen LogP contribution in [-0.2, 0) is 14.8 Å². The Balaban J connectivity index is 1.92. The number of rotatable bonds is 6. The van der Waals surface area contributed by atoms with Gasteiger partial charge in [-0.1, -0.05) is 6.07 Å². The second-order valence-corrected chi connectivity index (χ2v) is 7.60. The molecule has 1 amide bonds. The summed E-state index contributed by atoms with van der Waals surface area (Å²) < 4.78 is 53.4. The van der Waals surface area contributed by atoms with Crippen molar-refractivity contribution in [2.24, 2.45) is 0 Å². The number of aromatic nitrogens is 1. The van der Waals surface area contributed by atoms with Crippen molar-refractivity contribution < 1.29 is 22.0 Å². The maximum absolute atomic E-state index is 13.3. The monoisotopic (exact) mass is 403 g/mol. The summed E-state index contributed by atoms with van der Waals surface area (Å²) >= 11 is 0. The first-order chi connectivity index (χ1) is 13.4. The summed E-state index contributed by atoms with van der Waals surface area (Å²) in [6, 6.07) is 12.7. The molecule has 3 aromatic rings. The van der Waals surface area contributed by atoms with Gasteiger partial charge in [0.05, 0.1) is 5.69 Å². The van der Waals surface area contributed by atoms with Crippen LogP contribution in [0.15, 0.2) is 78.0 Å². The minimum atomic E-state index is -4.15. The average molecular weight is 403 g/mol. The van der Waals surface area contributed by atoms with Gasteiger partial charge in [0.25, 0.3) is 10.0 Å². The van der Waals surface area contributed by atoms with Crippen molar-refractivity contribution in [3.63, 3.8) is 0 Å². The van der Waals surface area contributed by atoms with Crippen LogP contribution in [0.4, 0.5) is 20.2 Å². The number of pyridine rings is 1. The molecule has 2 aromatic carbocycles. The van der Waals surface area contributed by atoms with E-state index in [-0.39, 0.29) is 16.3 Å². The van der Waals surface area contributed by atoms with E-state index in [1.807, 2.05) is 0 Å². The molecule has 28 heavy (non-hydrogen) atoms. The van der Waals surface area contributed by atoms with E-state index in [2.05, 4.69) is 10.3 Å². The Kier molecular flexibility index (Phi) is 5.65. The van der Waals surface area contributed by atoms with Gasteiger partial charge in [0.2, 0.25) is 5.91 Å². The van der Waals surface area contributed by atoms with Crippen molar-refractivity contribution in [2.75, 3.05) is 16.2 Å². The number of carbonyl (C=O) groups excluding carboxylic acids is 1. The van der Waals surface area contributed by atoms with Crippen molar-refractivity contribution in [2.45, 2.75) is 4.90 Å². The van der Waals surface area contributed by atoms with Crippen LogP contribution >= 0.6 is 0 Å². The molecule has 9 heteroatoms. The average Bonchev–Trinajstić information content (AvgIpc) is 2.67. The Bertz CT molecular complexity index is 1080. The minimum Gasteiger partial charge on any atom is -0.324 e. The zero-order chi connectivity index (χ0) is 20.1. The summed E-state index contributed by atoms with van der Waals surface area (Å²) in [5, 5.41) is 2.44. The SMILES string of the molecule is O=C(CN(c1ccc(F)cc1)S(=O)(=O)c1cccnc1)Nc1cccc(F)c1. The molecular formula is C19H15F2N3O3S. The molecule has 0 saturated carbocycles. The third-order valence-electron chi connectivity index (χ3n) is 3.73. The van der Waals surface area contributed by atoms with Crippen LogP contribution in [-0.4, -0.2) is 25.9 Å². The van der Waals surface area contributed by atoms with Gasteiger partial charge in [-0.25, -0.2) is 17.2 Å². The van der Waals surface area contributed by atoms with Crippen LogP contribution in [0, 0.1) is 11.6 Å². The van der Waals surface area contributed by atoms with Gasteiger partial charge in [0.15, 0.2) is 0 Å². The molecule has 0 fully saturated rings. The normalized spacial score (nSPS) is 11.1. The van der Waals surface area contributed by atoms with Crippen LogP contribution in [0.5, 0.6) is 0 Å². The molecule has 1 N–H and O–H groups in total. The molecular weight excluding hydrogens is 388 g/mol. The van der Waals surface area contributed by atoms with Crippen molar-refractivity contribution in [3.8, 4) is 0 Å². The molecule has 0 bridgehead atoms. The highest BCUT2D eigenvalue weighted by Gasteiger charge is 2.27. The maximum atomic E-state index is 13.3. The molecule has 0 atom stereocenters. The zero-order valence-electron chi connectivity index (χ0n) is 14.4. The number of nitrogens with one attached hydrogen (secondary N) is 1. The third-order valence-corrected chi connectivity index (χ3v) is 5.49. The second-order valence-electron chi connectivity index (χ2n) is 5.74. The number of carbonyl (C=O) groups is 1. The Hall–Kier alpha value is -3.33. The van der Waals surface area contributed by atoms with Gasteiger partial charge < -0.3 is 5.32 Å². The maximum Gasteiger partial charge on any atom is 0.266 e. The highest BCUT2D eigenvalue weighted by Crippen LogP contribution is 2.23. The molecule has 0 aliphatic carbocycles. The smallest absolute Gasteiger partial charge is 0.266 e. The van der Waals surface area contributed by atoms with Gasteiger partial charge in [0.1, 0.15) is 23.1 Å². The molecule has 6 nitrogen and oxygen atoms in total. The van der Waals surface area contributed by atoms with Crippen LogP contribution in [0.3, 0.4) is 0 Å². The summed E-state index contributed by atoms with van der Waals surface area (Å²) in [5.74, 6) is -1.79. The van der Waals surface area contributed by atoms with E-state index >= 15 is 0 Å². The molecule has 1 aromatic heterocycles. The first-order valence-electron chi connectivity index (χ1n) is 8.10. The van der Waals surface area contributed by atoms with E-state index < -0.39 is 34.1 Å². The van der Waals surface area contributed by atoms with Crippen LogP contribution in [0.1, 0.15) is 0 Å². The summed E-state index contributed by atoms with van der Waals surface area (Å²) in [4.78, 5) is 16.1. The molecule has 0 unspecified atom stereocenters. The molecule has 3 rings (SSSR count). The molecule has 0 radical (unpaired) electrons. The predicted octanol–water partition coefficient (Wildman–Crippen LogP) is 3.19. The molecule has 144 valence electrons. The van der Waals surface area contributed by atoms with Crippen LogP contribution in [0.2, 0.25) is 0 Å². The van der Waals surface area contributed by atoms with E-state index in [0.29, 0.717) is 0 Å². The van der Waals surface area contributed by atoms with E-state index in [0.717, 1.165) is 28.7 Å². The Morgan fingerprint density at radius 1 is 1.00 bits per heavy atom. The first-order valence-corrected chi connectivity index (χ1v) is 9.54. The lowest BCUT2D eigenvalue weighted by atomic mass is 10.3. The van der Waals surface area contributed by atoms with Gasteiger partial charge in [-0.05, 0) is 54.6 Å². The molecule has 0 saturated heterocycles. The van der Waals surface area contributed by atoms with E-state index in [4.69, 9.17) is 0 Å². The Morgan fingerprint density at radius 3 is 2.39 bits per heavy atom. The summed E-state index contributed by atoms with van der Waals surface area (Å²) in [7, 11) is -4.15. The summed E-state index contributed by atoms with van der Waals surface area (Å²) in [6.07, 6.45) is 2.56. The summed E-state index contributed by atoms with van der Waals surface area (Å²) in [5.41, 5.74) is 0.280. The minimum absolute atomic E-state index is 0.0969. The highest BCUT2D eigenvalue weighted by molar-refractivity contribution is 7.92. The van der Waals surface area contributed by atoms with Crippen LogP contribution in [0.25, 0.3) is 0 Å². The number of benzene rings is 2. The number of nitrogens with zero attached hydrogens (tertiary/aromatic N) is 2. The second kappa shape index (κ2) is 8.13. The van der Waals surface area contributed by atoms with E-state index in [1.54, 1.807) is 0 Å².